The van der Waals surface area contributed by atoms with Gasteiger partial charge in [0.1, 0.15) is 6.54 Å². The number of carbonyl (C=O) groups excluding carboxylic acids is 1. The highest BCUT2D eigenvalue weighted by atomic mass is 32.2. The Bertz CT molecular complexity index is 866. The van der Waals surface area contributed by atoms with Crippen molar-refractivity contribution in [1.29, 1.82) is 0 Å². The fraction of sp³-hybridized carbons (Fsp3) is 0.500. The molecule has 1 aliphatic heterocycles. The van der Waals surface area contributed by atoms with Gasteiger partial charge in [0, 0.05) is 18.8 Å². The Hall–Kier alpha value is -2.27. The summed E-state index contributed by atoms with van der Waals surface area (Å²) in [5.41, 5.74) is 2.66. The summed E-state index contributed by atoms with van der Waals surface area (Å²) in [5, 5.41) is 10.7. The standard InChI is InChI=1S/C18H22F3N5O2S/c1-12-4-3-5-14(13(12)2)22-15(27)10-29-17-24-23-16(25-6-8-28-9-7-25)26(17)11-18(19,20)21/h3-5H,6-11H2,1-2H3,(H,22,27). The molecule has 1 saturated heterocycles. The second kappa shape index (κ2) is 9.04. The second-order valence-electron chi connectivity index (χ2n) is 6.67. The Morgan fingerprint density at radius 1 is 1.24 bits per heavy atom. The van der Waals surface area contributed by atoms with Crippen LogP contribution in [-0.2, 0) is 16.1 Å². The number of nitrogens with one attached hydrogen (secondary N) is 1. The third kappa shape index (κ3) is 5.63. The van der Waals surface area contributed by atoms with Crippen LogP contribution >= 0.6 is 11.8 Å². The number of ether oxygens (including phenoxy) is 1. The van der Waals surface area contributed by atoms with Gasteiger partial charge >= 0.3 is 6.18 Å². The number of aromatic nitrogens is 3. The number of hydrogen-bond acceptors (Lipinski definition) is 6. The SMILES string of the molecule is Cc1cccc(NC(=O)CSc2nnc(N3CCOCC3)n2CC(F)(F)F)c1C. The highest BCUT2D eigenvalue weighted by molar-refractivity contribution is 7.99. The third-order valence-electron chi connectivity index (χ3n) is 4.54. The van der Waals surface area contributed by atoms with Crippen molar-refractivity contribution < 1.29 is 22.7 Å². The number of hydrogen-bond donors (Lipinski definition) is 1. The molecule has 1 aromatic carbocycles. The van der Waals surface area contributed by atoms with E-state index in [-0.39, 0.29) is 22.8 Å². The van der Waals surface area contributed by atoms with E-state index in [1.54, 1.807) is 11.0 Å². The summed E-state index contributed by atoms with van der Waals surface area (Å²) in [5.74, 6) is -0.256. The van der Waals surface area contributed by atoms with Crippen LogP contribution in [0.2, 0.25) is 0 Å². The monoisotopic (exact) mass is 429 g/mol. The lowest BCUT2D eigenvalue weighted by Gasteiger charge is -2.28. The van der Waals surface area contributed by atoms with Crippen LogP contribution < -0.4 is 10.2 Å². The fourth-order valence-corrected chi connectivity index (χ4v) is 3.64. The molecule has 1 amide bonds. The molecule has 0 unspecified atom stereocenters. The van der Waals surface area contributed by atoms with Gasteiger partial charge in [-0.2, -0.15) is 13.2 Å². The molecule has 0 bridgehead atoms. The molecule has 0 aliphatic carbocycles. The van der Waals surface area contributed by atoms with Gasteiger partial charge in [0.25, 0.3) is 0 Å². The van der Waals surface area contributed by atoms with Crippen molar-refractivity contribution in [3.05, 3.63) is 29.3 Å². The van der Waals surface area contributed by atoms with Crippen molar-refractivity contribution in [2.24, 2.45) is 0 Å². The molecule has 0 saturated carbocycles. The van der Waals surface area contributed by atoms with Crippen LogP contribution in [0.25, 0.3) is 0 Å². The van der Waals surface area contributed by atoms with E-state index in [0.29, 0.717) is 32.0 Å². The van der Waals surface area contributed by atoms with Gasteiger partial charge in [0.2, 0.25) is 11.9 Å². The number of thioether (sulfide) groups is 1. The first-order valence-electron chi connectivity index (χ1n) is 9.06. The van der Waals surface area contributed by atoms with E-state index in [1.807, 2.05) is 26.0 Å². The van der Waals surface area contributed by atoms with Crippen molar-refractivity contribution in [2.75, 3.05) is 42.3 Å². The quantitative estimate of drug-likeness (QED) is 0.712. The van der Waals surface area contributed by atoms with Crippen LogP contribution in [0.15, 0.2) is 23.4 Å². The Balaban J connectivity index is 1.71. The minimum Gasteiger partial charge on any atom is -0.378 e. The Labute approximate surface area is 170 Å². The first-order chi connectivity index (χ1) is 13.7. The summed E-state index contributed by atoms with van der Waals surface area (Å²) in [6.07, 6.45) is -4.43. The zero-order chi connectivity index (χ0) is 21.0. The fourth-order valence-electron chi connectivity index (χ4n) is 2.91. The number of carbonyl (C=O) groups is 1. The van der Waals surface area contributed by atoms with Crippen LogP contribution in [-0.4, -0.2) is 58.9 Å². The Kier molecular flexibility index (Phi) is 6.68. The van der Waals surface area contributed by atoms with Gasteiger partial charge in [-0.3, -0.25) is 9.36 Å². The number of alkyl halides is 3. The van der Waals surface area contributed by atoms with E-state index in [9.17, 15) is 18.0 Å². The minimum absolute atomic E-state index is 0.0555. The number of anilines is 2. The molecule has 0 spiro atoms. The molecule has 1 aliphatic rings. The third-order valence-corrected chi connectivity index (χ3v) is 5.51. The molecule has 2 aromatic rings. The summed E-state index contributed by atoms with van der Waals surface area (Å²) >= 11 is 0.929. The minimum atomic E-state index is -4.43. The second-order valence-corrected chi connectivity index (χ2v) is 7.61. The number of morpholine rings is 1. The molecule has 0 atom stereocenters. The van der Waals surface area contributed by atoms with Crippen LogP contribution in [0.1, 0.15) is 11.1 Å². The van der Waals surface area contributed by atoms with Crippen LogP contribution in [0.3, 0.4) is 0 Å². The Morgan fingerprint density at radius 2 is 1.97 bits per heavy atom. The van der Waals surface area contributed by atoms with E-state index < -0.39 is 12.7 Å². The maximum Gasteiger partial charge on any atom is 0.406 e. The number of amides is 1. The summed E-state index contributed by atoms with van der Waals surface area (Å²) in [4.78, 5) is 14.0. The number of nitrogens with zero attached hydrogens (tertiary/aromatic N) is 4. The maximum atomic E-state index is 13.1. The van der Waals surface area contributed by atoms with E-state index in [1.165, 1.54) is 0 Å². The molecule has 11 heteroatoms. The normalized spacial score (nSPS) is 14.9. The summed E-state index contributed by atoms with van der Waals surface area (Å²) < 4.78 is 45.6. The average molecular weight is 429 g/mol. The van der Waals surface area contributed by atoms with E-state index in [0.717, 1.165) is 27.5 Å². The Morgan fingerprint density at radius 3 is 2.66 bits per heavy atom. The molecular weight excluding hydrogens is 407 g/mol. The molecule has 1 N–H and O–H groups in total. The van der Waals surface area contributed by atoms with Crippen LogP contribution in [0.5, 0.6) is 0 Å². The lowest BCUT2D eigenvalue weighted by atomic mass is 10.1. The van der Waals surface area contributed by atoms with Gasteiger partial charge in [0.15, 0.2) is 5.16 Å². The van der Waals surface area contributed by atoms with Crippen molar-refractivity contribution in [3.63, 3.8) is 0 Å². The predicted molar refractivity (Wildman–Crippen MR) is 104 cm³/mol. The molecule has 29 heavy (non-hydrogen) atoms. The molecule has 1 aromatic heterocycles. The first-order valence-corrected chi connectivity index (χ1v) is 10.0. The lowest BCUT2D eigenvalue weighted by molar-refractivity contribution is -0.141. The smallest absolute Gasteiger partial charge is 0.378 e. The number of aryl methyl sites for hydroxylation is 1. The zero-order valence-electron chi connectivity index (χ0n) is 16.1. The molecule has 7 nitrogen and oxygen atoms in total. The predicted octanol–water partition coefficient (Wildman–Crippen LogP) is 3.02. The molecule has 1 fully saturated rings. The molecule has 3 rings (SSSR count). The number of benzene rings is 1. The van der Waals surface area contributed by atoms with Crippen molar-refractivity contribution in [1.82, 2.24) is 14.8 Å². The molecule has 0 radical (unpaired) electrons. The largest absolute Gasteiger partial charge is 0.406 e. The zero-order valence-corrected chi connectivity index (χ0v) is 16.9. The van der Waals surface area contributed by atoms with Gasteiger partial charge in [0.05, 0.1) is 19.0 Å². The first kappa shape index (κ1) is 21.4. The number of rotatable bonds is 6. The van der Waals surface area contributed by atoms with E-state index in [2.05, 4.69) is 15.5 Å². The van der Waals surface area contributed by atoms with E-state index in [4.69, 9.17) is 4.74 Å². The van der Waals surface area contributed by atoms with Gasteiger partial charge < -0.3 is 15.0 Å². The highest BCUT2D eigenvalue weighted by Crippen LogP contribution is 2.28. The van der Waals surface area contributed by atoms with Gasteiger partial charge in [-0.1, -0.05) is 23.9 Å². The van der Waals surface area contributed by atoms with Crippen LogP contribution in [0.4, 0.5) is 24.8 Å². The topological polar surface area (TPSA) is 72.3 Å². The van der Waals surface area contributed by atoms with Gasteiger partial charge in [-0.25, -0.2) is 0 Å². The van der Waals surface area contributed by atoms with Gasteiger partial charge in [-0.15, -0.1) is 10.2 Å². The maximum absolute atomic E-state index is 13.1. The summed E-state index contributed by atoms with van der Waals surface area (Å²) in [6.45, 7) is 4.33. The van der Waals surface area contributed by atoms with Crippen molar-refractivity contribution >= 4 is 29.3 Å². The van der Waals surface area contributed by atoms with Crippen molar-refractivity contribution in [3.8, 4) is 0 Å². The molecule has 2 heterocycles. The van der Waals surface area contributed by atoms with Crippen molar-refractivity contribution in [2.45, 2.75) is 31.7 Å². The molecular formula is C18H22F3N5O2S. The highest BCUT2D eigenvalue weighted by Gasteiger charge is 2.33. The molecule has 158 valence electrons. The van der Waals surface area contributed by atoms with E-state index >= 15 is 0 Å². The lowest BCUT2D eigenvalue weighted by Crippen LogP contribution is -2.38. The summed E-state index contributed by atoms with van der Waals surface area (Å²) in [6, 6.07) is 5.56. The average Bonchev–Trinajstić information content (AvgIpc) is 3.05. The number of halogens is 3. The van der Waals surface area contributed by atoms with Crippen LogP contribution in [0, 0.1) is 13.8 Å². The summed E-state index contributed by atoms with van der Waals surface area (Å²) in [7, 11) is 0. The van der Waals surface area contributed by atoms with Gasteiger partial charge in [-0.05, 0) is 31.0 Å².